The Morgan fingerprint density at radius 3 is 2.78 bits per heavy atom. The SMILES string of the molecule is CCC1CCC[CH-]O1.[Y]. The Hall–Kier alpha value is 1.06. The molecule has 1 nitrogen and oxygen atoms in total. The van der Waals surface area contributed by atoms with Gasteiger partial charge in [0.15, 0.2) is 0 Å². The Balaban J connectivity index is 0.000000640. The summed E-state index contributed by atoms with van der Waals surface area (Å²) in [6.45, 7) is 4.11. The van der Waals surface area contributed by atoms with Gasteiger partial charge in [0.05, 0.1) is 0 Å². The summed E-state index contributed by atoms with van der Waals surface area (Å²) in [5.74, 6) is 0. The standard InChI is InChI=1S/C7H13O.Y/c1-2-7-5-3-4-6-8-7;/h6-7H,2-5H2,1H3;/q-1;. The molecule has 9 heavy (non-hydrogen) atoms. The number of hydrogen-bond acceptors (Lipinski definition) is 1. The topological polar surface area (TPSA) is 9.23 Å². The molecular weight excluding hydrogens is 189 g/mol. The monoisotopic (exact) mass is 202 g/mol. The minimum Gasteiger partial charge on any atom is -0.550 e. The van der Waals surface area contributed by atoms with Gasteiger partial charge < -0.3 is 4.74 Å². The van der Waals surface area contributed by atoms with Crippen LogP contribution in [0.5, 0.6) is 0 Å². The van der Waals surface area contributed by atoms with Gasteiger partial charge in [-0.05, 0) is 12.8 Å². The van der Waals surface area contributed by atoms with Gasteiger partial charge in [0, 0.05) is 38.8 Å². The Bertz CT molecular complexity index is 59.9. The summed E-state index contributed by atoms with van der Waals surface area (Å²) < 4.78 is 5.30. The molecule has 1 unspecified atom stereocenters. The largest absolute Gasteiger partial charge is 0.550 e. The van der Waals surface area contributed by atoms with Crippen LogP contribution >= 0.6 is 0 Å². The van der Waals surface area contributed by atoms with E-state index in [0.717, 1.165) is 12.8 Å². The van der Waals surface area contributed by atoms with Crippen LogP contribution in [-0.4, -0.2) is 6.10 Å². The zero-order valence-corrected chi connectivity index (χ0v) is 8.81. The summed E-state index contributed by atoms with van der Waals surface area (Å²) in [5.41, 5.74) is 0. The summed E-state index contributed by atoms with van der Waals surface area (Å²) >= 11 is 0. The van der Waals surface area contributed by atoms with Gasteiger partial charge in [-0.1, -0.05) is 13.3 Å². The zero-order valence-electron chi connectivity index (χ0n) is 5.97. The predicted octanol–water partition coefficient (Wildman–Crippen LogP) is 2.12. The summed E-state index contributed by atoms with van der Waals surface area (Å²) in [7, 11) is 0. The predicted molar refractivity (Wildman–Crippen MR) is 33.3 cm³/mol. The van der Waals surface area contributed by atoms with E-state index in [4.69, 9.17) is 4.74 Å². The normalized spacial score (nSPS) is 27.0. The molecule has 1 saturated heterocycles. The van der Waals surface area contributed by atoms with Gasteiger partial charge in [0.2, 0.25) is 0 Å². The number of hydrogen-bond donors (Lipinski definition) is 0. The first-order valence-corrected chi connectivity index (χ1v) is 3.40. The molecule has 1 aliphatic heterocycles. The van der Waals surface area contributed by atoms with E-state index in [1.54, 1.807) is 0 Å². The zero-order chi connectivity index (χ0) is 5.82. The Kier molecular flexibility index (Phi) is 6.51. The van der Waals surface area contributed by atoms with Gasteiger partial charge in [-0.3, -0.25) is 0 Å². The fourth-order valence-electron chi connectivity index (χ4n) is 1.00. The van der Waals surface area contributed by atoms with Crippen molar-refractivity contribution < 1.29 is 37.4 Å². The van der Waals surface area contributed by atoms with Crippen molar-refractivity contribution in [2.45, 2.75) is 38.7 Å². The third kappa shape index (κ3) is 3.69. The van der Waals surface area contributed by atoms with Gasteiger partial charge in [0.1, 0.15) is 0 Å². The average Bonchev–Trinajstić information content (AvgIpc) is 1.90. The molecule has 1 rings (SSSR count). The molecule has 2 heteroatoms. The number of ether oxygens (including phenoxy) is 1. The van der Waals surface area contributed by atoms with Crippen molar-refractivity contribution in [1.29, 1.82) is 0 Å². The first kappa shape index (κ1) is 10.1. The van der Waals surface area contributed by atoms with Crippen LogP contribution < -0.4 is 0 Å². The quantitative estimate of drug-likeness (QED) is 0.592. The van der Waals surface area contributed by atoms with Crippen LogP contribution in [0.4, 0.5) is 0 Å². The van der Waals surface area contributed by atoms with Crippen LogP contribution in [0.15, 0.2) is 0 Å². The van der Waals surface area contributed by atoms with Crippen LogP contribution in [0, 0.1) is 6.61 Å². The van der Waals surface area contributed by atoms with E-state index < -0.39 is 0 Å². The summed E-state index contributed by atoms with van der Waals surface area (Å²) in [6.07, 6.45) is 5.42. The van der Waals surface area contributed by atoms with Crippen LogP contribution in [0.3, 0.4) is 0 Å². The van der Waals surface area contributed by atoms with Crippen molar-refractivity contribution in [1.82, 2.24) is 0 Å². The summed E-state index contributed by atoms with van der Waals surface area (Å²) in [6, 6.07) is 0. The van der Waals surface area contributed by atoms with Crippen LogP contribution in [0.1, 0.15) is 32.6 Å². The van der Waals surface area contributed by atoms with E-state index in [1.807, 2.05) is 6.61 Å². The van der Waals surface area contributed by atoms with Crippen molar-refractivity contribution in [2.24, 2.45) is 0 Å². The number of rotatable bonds is 1. The smallest absolute Gasteiger partial charge is 0.0227 e. The van der Waals surface area contributed by atoms with Crippen molar-refractivity contribution >= 4 is 0 Å². The second-order valence-corrected chi connectivity index (χ2v) is 2.26. The van der Waals surface area contributed by atoms with E-state index >= 15 is 0 Å². The van der Waals surface area contributed by atoms with E-state index in [0.29, 0.717) is 6.10 Å². The van der Waals surface area contributed by atoms with Crippen molar-refractivity contribution in [3.63, 3.8) is 0 Å². The van der Waals surface area contributed by atoms with Crippen LogP contribution in [0.25, 0.3) is 0 Å². The average molecular weight is 202 g/mol. The Labute approximate surface area is 82.4 Å². The van der Waals surface area contributed by atoms with Gasteiger partial charge in [0.25, 0.3) is 0 Å². The molecule has 0 bridgehead atoms. The molecular formula is C7H13OY-. The molecule has 0 aromatic heterocycles. The summed E-state index contributed by atoms with van der Waals surface area (Å²) in [4.78, 5) is 0. The summed E-state index contributed by atoms with van der Waals surface area (Å²) in [5, 5.41) is 0. The molecule has 0 N–H and O–H groups in total. The van der Waals surface area contributed by atoms with E-state index in [2.05, 4.69) is 6.92 Å². The third-order valence-electron chi connectivity index (χ3n) is 1.59. The molecule has 0 amide bonds. The fraction of sp³-hybridized carbons (Fsp3) is 0.857. The van der Waals surface area contributed by atoms with Crippen LogP contribution in [-0.2, 0) is 37.4 Å². The van der Waals surface area contributed by atoms with E-state index in [9.17, 15) is 0 Å². The molecule has 51 valence electrons. The first-order chi connectivity index (χ1) is 3.93. The Morgan fingerprint density at radius 1 is 1.67 bits per heavy atom. The van der Waals surface area contributed by atoms with Gasteiger partial charge in [-0.25, -0.2) is 6.61 Å². The first-order valence-electron chi connectivity index (χ1n) is 3.40. The maximum absolute atomic E-state index is 5.30. The minimum atomic E-state index is 0. The fourth-order valence-corrected chi connectivity index (χ4v) is 1.00. The molecule has 1 aliphatic rings. The van der Waals surface area contributed by atoms with E-state index in [-0.39, 0.29) is 32.7 Å². The Morgan fingerprint density at radius 2 is 2.44 bits per heavy atom. The molecule has 0 saturated carbocycles. The maximum Gasteiger partial charge on any atom is 0.0227 e. The minimum absolute atomic E-state index is 0. The van der Waals surface area contributed by atoms with Crippen LogP contribution in [0.2, 0.25) is 0 Å². The molecule has 0 aromatic carbocycles. The van der Waals surface area contributed by atoms with Crippen molar-refractivity contribution in [3.05, 3.63) is 6.61 Å². The van der Waals surface area contributed by atoms with Gasteiger partial charge >= 0.3 is 0 Å². The van der Waals surface area contributed by atoms with Gasteiger partial charge in [-0.15, -0.1) is 0 Å². The van der Waals surface area contributed by atoms with E-state index in [1.165, 1.54) is 12.8 Å². The van der Waals surface area contributed by atoms with Gasteiger partial charge in [-0.2, -0.15) is 6.42 Å². The van der Waals surface area contributed by atoms with Crippen molar-refractivity contribution in [2.75, 3.05) is 0 Å². The molecule has 1 fully saturated rings. The second-order valence-electron chi connectivity index (χ2n) is 2.26. The molecule has 0 spiro atoms. The third-order valence-corrected chi connectivity index (χ3v) is 1.59. The van der Waals surface area contributed by atoms with Crippen molar-refractivity contribution in [3.8, 4) is 0 Å². The maximum atomic E-state index is 5.30. The molecule has 1 heterocycles. The molecule has 1 atom stereocenters. The molecule has 0 aromatic rings. The second kappa shape index (κ2) is 5.82. The molecule has 0 aliphatic carbocycles. The molecule has 1 radical (unpaired) electrons.